The molecule has 0 radical (unpaired) electrons. The van der Waals surface area contributed by atoms with E-state index in [1.54, 1.807) is 0 Å². The van der Waals surface area contributed by atoms with Crippen LogP contribution in [0.4, 0.5) is 0 Å². The summed E-state index contributed by atoms with van der Waals surface area (Å²) in [4.78, 5) is 2.65. The van der Waals surface area contributed by atoms with Crippen molar-refractivity contribution in [1.29, 1.82) is 0 Å². The Labute approximate surface area is 110 Å². The molecule has 2 saturated carbocycles. The molecule has 4 rings (SSSR count). The number of ether oxygens (including phenoxy) is 1. The van der Waals surface area contributed by atoms with Crippen LogP contribution in [0.15, 0.2) is 0 Å². The van der Waals surface area contributed by atoms with Gasteiger partial charge in [-0.05, 0) is 44.4 Å². The second kappa shape index (κ2) is 3.94. The molecule has 0 bridgehead atoms. The van der Waals surface area contributed by atoms with E-state index in [1.807, 2.05) is 0 Å². The molecule has 1 spiro atoms. The molecule has 2 saturated heterocycles. The molecule has 2 heterocycles. The molecule has 2 N–H and O–H groups in total. The number of hydrogen-bond acceptors (Lipinski definition) is 3. The molecule has 0 aromatic carbocycles. The predicted octanol–water partition coefficient (Wildman–Crippen LogP) is 1.90. The largest absolute Gasteiger partial charge is 0.375 e. The fourth-order valence-electron chi connectivity index (χ4n) is 4.57. The molecule has 2 aliphatic carbocycles. The fourth-order valence-corrected chi connectivity index (χ4v) is 4.57. The van der Waals surface area contributed by atoms with Gasteiger partial charge in [-0.1, -0.05) is 12.8 Å². The summed E-state index contributed by atoms with van der Waals surface area (Å²) in [5.74, 6) is 0.842. The first-order valence-corrected chi connectivity index (χ1v) is 7.86. The highest BCUT2D eigenvalue weighted by Gasteiger charge is 2.53. The molecule has 4 aliphatic rings. The second-order valence-electron chi connectivity index (χ2n) is 7.30. The maximum Gasteiger partial charge on any atom is 0.0697 e. The fraction of sp³-hybridized carbons (Fsp3) is 1.00. The Morgan fingerprint density at radius 2 is 1.78 bits per heavy atom. The predicted molar refractivity (Wildman–Crippen MR) is 71.4 cm³/mol. The normalized spacial score (nSPS) is 38.8. The van der Waals surface area contributed by atoms with Crippen molar-refractivity contribution in [2.75, 3.05) is 19.7 Å². The maximum atomic E-state index is 6.48. The van der Waals surface area contributed by atoms with E-state index in [1.165, 1.54) is 51.4 Å². The highest BCUT2D eigenvalue weighted by atomic mass is 16.5. The first-order valence-electron chi connectivity index (χ1n) is 7.86. The molecule has 1 atom stereocenters. The van der Waals surface area contributed by atoms with E-state index in [0.29, 0.717) is 0 Å². The van der Waals surface area contributed by atoms with Crippen LogP contribution < -0.4 is 5.73 Å². The van der Waals surface area contributed by atoms with Crippen LogP contribution in [0.25, 0.3) is 0 Å². The van der Waals surface area contributed by atoms with Crippen LogP contribution in [0, 0.1) is 5.92 Å². The zero-order valence-corrected chi connectivity index (χ0v) is 11.4. The third-order valence-corrected chi connectivity index (χ3v) is 5.88. The first-order chi connectivity index (χ1) is 8.69. The summed E-state index contributed by atoms with van der Waals surface area (Å²) >= 11 is 0. The Kier molecular flexibility index (Phi) is 2.56. The van der Waals surface area contributed by atoms with Gasteiger partial charge in [-0.25, -0.2) is 0 Å². The molecule has 0 aromatic rings. The van der Waals surface area contributed by atoms with Gasteiger partial charge in [-0.3, -0.25) is 4.90 Å². The summed E-state index contributed by atoms with van der Waals surface area (Å²) in [6, 6.07) is 0.757. The quantitative estimate of drug-likeness (QED) is 0.813. The van der Waals surface area contributed by atoms with Crippen LogP contribution in [0.3, 0.4) is 0 Å². The molecule has 3 heteroatoms. The Bertz CT molecular complexity index is 327. The van der Waals surface area contributed by atoms with Gasteiger partial charge in [0.25, 0.3) is 0 Å². The molecule has 2 aliphatic heterocycles. The van der Waals surface area contributed by atoms with Gasteiger partial charge in [0.1, 0.15) is 0 Å². The monoisotopic (exact) mass is 250 g/mol. The molecular formula is C15H26N2O. The van der Waals surface area contributed by atoms with Gasteiger partial charge in [-0.2, -0.15) is 0 Å². The molecule has 0 aromatic heterocycles. The number of hydrogen-bond donors (Lipinski definition) is 1. The van der Waals surface area contributed by atoms with Crippen molar-refractivity contribution < 1.29 is 4.74 Å². The van der Waals surface area contributed by atoms with Crippen molar-refractivity contribution >= 4 is 0 Å². The zero-order chi connectivity index (χ0) is 12.2. The Morgan fingerprint density at radius 3 is 2.44 bits per heavy atom. The lowest BCUT2D eigenvalue weighted by Gasteiger charge is -2.54. The lowest BCUT2D eigenvalue weighted by Crippen LogP contribution is -2.71. The van der Waals surface area contributed by atoms with Gasteiger partial charge in [-0.15, -0.1) is 0 Å². The van der Waals surface area contributed by atoms with Crippen molar-refractivity contribution in [2.24, 2.45) is 11.7 Å². The summed E-state index contributed by atoms with van der Waals surface area (Å²) in [6.07, 6.45) is 10.6. The highest BCUT2D eigenvalue weighted by molar-refractivity contribution is 5.11. The van der Waals surface area contributed by atoms with Gasteiger partial charge >= 0.3 is 0 Å². The standard InChI is InChI=1S/C15H26N2O/c16-15(12-3-4-12)10-17(11-15)13-5-8-18-14(9-13)6-1-2-7-14/h12-13H,1-11,16H2. The zero-order valence-electron chi connectivity index (χ0n) is 11.4. The van der Waals surface area contributed by atoms with E-state index < -0.39 is 0 Å². The third-order valence-electron chi connectivity index (χ3n) is 5.88. The second-order valence-corrected chi connectivity index (χ2v) is 7.30. The average Bonchev–Trinajstić information content (AvgIpc) is 3.10. The van der Waals surface area contributed by atoms with Crippen LogP contribution in [0.2, 0.25) is 0 Å². The van der Waals surface area contributed by atoms with Gasteiger partial charge in [0.2, 0.25) is 0 Å². The van der Waals surface area contributed by atoms with Gasteiger partial charge < -0.3 is 10.5 Å². The maximum absolute atomic E-state index is 6.48. The number of nitrogens with two attached hydrogens (primary N) is 1. The molecule has 3 nitrogen and oxygen atoms in total. The summed E-state index contributed by atoms with van der Waals surface area (Å²) in [6.45, 7) is 3.28. The lowest BCUT2D eigenvalue weighted by molar-refractivity contribution is -0.120. The van der Waals surface area contributed by atoms with Crippen LogP contribution in [0.1, 0.15) is 51.4 Å². The van der Waals surface area contributed by atoms with E-state index in [2.05, 4.69) is 4.90 Å². The molecule has 18 heavy (non-hydrogen) atoms. The van der Waals surface area contributed by atoms with E-state index in [4.69, 9.17) is 10.5 Å². The van der Waals surface area contributed by atoms with Crippen LogP contribution in [-0.4, -0.2) is 41.8 Å². The molecule has 1 unspecified atom stereocenters. The van der Waals surface area contributed by atoms with E-state index in [9.17, 15) is 0 Å². The molecule has 0 amide bonds. The number of likely N-dealkylation sites (tertiary alicyclic amines) is 1. The van der Waals surface area contributed by atoms with Crippen LogP contribution >= 0.6 is 0 Å². The summed E-state index contributed by atoms with van der Waals surface area (Å²) in [5.41, 5.74) is 6.92. The summed E-state index contributed by atoms with van der Waals surface area (Å²) < 4.78 is 6.13. The van der Waals surface area contributed by atoms with Crippen molar-refractivity contribution in [3.05, 3.63) is 0 Å². The van der Waals surface area contributed by atoms with Crippen LogP contribution in [-0.2, 0) is 4.74 Å². The minimum absolute atomic E-state index is 0.182. The van der Waals surface area contributed by atoms with E-state index >= 15 is 0 Å². The first kappa shape index (κ1) is 11.7. The molecular weight excluding hydrogens is 224 g/mol. The van der Waals surface area contributed by atoms with Crippen molar-refractivity contribution in [3.63, 3.8) is 0 Å². The van der Waals surface area contributed by atoms with Crippen molar-refractivity contribution in [1.82, 2.24) is 4.90 Å². The molecule has 4 fully saturated rings. The van der Waals surface area contributed by atoms with Gasteiger partial charge in [0, 0.05) is 31.3 Å². The average molecular weight is 250 g/mol. The number of rotatable bonds is 2. The Hall–Kier alpha value is -0.120. The van der Waals surface area contributed by atoms with E-state index in [-0.39, 0.29) is 11.1 Å². The minimum atomic E-state index is 0.182. The molecule has 102 valence electrons. The number of nitrogens with zero attached hydrogens (tertiary/aromatic N) is 1. The minimum Gasteiger partial charge on any atom is -0.375 e. The van der Waals surface area contributed by atoms with Gasteiger partial charge in [0.15, 0.2) is 0 Å². The lowest BCUT2D eigenvalue weighted by atomic mass is 9.80. The van der Waals surface area contributed by atoms with E-state index in [0.717, 1.165) is 31.7 Å². The van der Waals surface area contributed by atoms with Crippen molar-refractivity contribution in [3.8, 4) is 0 Å². The summed E-state index contributed by atoms with van der Waals surface area (Å²) in [7, 11) is 0. The Balaban J connectivity index is 1.38. The third kappa shape index (κ3) is 1.83. The smallest absolute Gasteiger partial charge is 0.0697 e. The Morgan fingerprint density at radius 1 is 1.06 bits per heavy atom. The SMILES string of the molecule is NC1(C2CC2)CN(C2CCOC3(CCCC3)C2)C1. The van der Waals surface area contributed by atoms with Gasteiger partial charge in [0.05, 0.1) is 5.60 Å². The van der Waals surface area contributed by atoms with Crippen molar-refractivity contribution in [2.45, 2.75) is 68.5 Å². The topological polar surface area (TPSA) is 38.5 Å². The summed E-state index contributed by atoms with van der Waals surface area (Å²) in [5, 5.41) is 0. The van der Waals surface area contributed by atoms with Crippen LogP contribution in [0.5, 0.6) is 0 Å². The highest BCUT2D eigenvalue weighted by Crippen LogP contribution is 2.46.